The van der Waals surface area contributed by atoms with Gasteiger partial charge in [0.25, 0.3) is 0 Å². The van der Waals surface area contributed by atoms with Crippen LogP contribution in [0.25, 0.3) is 0 Å². The van der Waals surface area contributed by atoms with Gasteiger partial charge in [-0.1, -0.05) is 29.0 Å². The van der Waals surface area contributed by atoms with Crippen molar-refractivity contribution in [2.45, 2.75) is 46.6 Å². The molecule has 0 saturated heterocycles. The van der Waals surface area contributed by atoms with Crippen molar-refractivity contribution in [1.82, 2.24) is 4.67 Å². The van der Waals surface area contributed by atoms with Gasteiger partial charge in [-0.15, -0.1) is 0 Å². The first-order valence-electron chi connectivity index (χ1n) is 4.53. The largest absolute Gasteiger partial charge is 0.280 e. The summed E-state index contributed by atoms with van der Waals surface area (Å²) in [4.78, 5) is 0. The first kappa shape index (κ1) is 11.4. The molecular weight excluding hydrogens is 153 g/mol. The van der Waals surface area contributed by atoms with Crippen LogP contribution in [0.15, 0.2) is 0 Å². The highest BCUT2D eigenvalue weighted by atomic mass is 31.1. The first-order valence-corrected chi connectivity index (χ1v) is 5.69. The van der Waals surface area contributed by atoms with Gasteiger partial charge >= 0.3 is 0 Å². The number of rotatable bonds is 4. The number of hydrogen-bond donors (Lipinski definition) is 0. The van der Waals surface area contributed by atoms with Crippen LogP contribution in [0.3, 0.4) is 0 Å². The zero-order valence-electron chi connectivity index (χ0n) is 8.57. The van der Waals surface area contributed by atoms with Gasteiger partial charge in [0, 0.05) is 5.54 Å². The van der Waals surface area contributed by atoms with Gasteiger partial charge in [-0.25, -0.2) is 0 Å². The summed E-state index contributed by atoms with van der Waals surface area (Å²) in [5, 5.41) is 0. The summed E-state index contributed by atoms with van der Waals surface area (Å²) in [5.41, 5.74) is 0.363. The average molecular weight is 175 g/mol. The topological polar surface area (TPSA) is 3.24 Å². The Bertz CT molecular complexity index is 96.2. The summed E-state index contributed by atoms with van der Waals surface area (Å²) in [7, 11) is 1.01. The lowest BCUT2D eigenvalue weighted by Gasteiger charge is -2.34. The van der Waals surface area contributed by atoms with E-state index < -0.39 is 0 Å². The van der Waals surface area contributed by atoms with Gasteiger partial charge in [-0.3, -0.25) is 4.67 Å². The summed E-state index contributed by atoms with van der Waals surface area (Å²) >= 11 is 0. The van der Waals surface area contributed by atoms with E-state index in [0.29, 0.717) is 5.54 Å². The van der Waals surface area contributed by atoms with Gasteiger partial charge in [0.05, 0.1) is 0 Å². The third-order valence-corrected chi connectivity index (χ3v) is 3.77. The van der Waals surface area contributed by atoms with E-state index in [1.54, 1.807) is 0 Å². The molecular formula is C9H22NP. The van der Waals surface area contributed by atoms with Crippen molar-refractivity contribution < 1.29 is 0 Å². The van der Waals surface area contributed by atoms with Crippen molar-refractivity contribution in [1.29, 1.82) is 0 Å². The van der Waals surface area contributed by atoms with Crippen LogP contribution >= 0.6 is 8.73 Å². The summed E-state index contributed by atoms with van der Waals surface area (Å²) in [5.74, 6) is 0. The summed E-state index contributed by atoms with van der Waals surface area (Å²) < 4.78 is 2.55. The molecule has 11 heavy (non-hydrogen) atoms. The zero-order valence-corrected chi connectivity index (χ0v) is 9.57. The Hall–Kier alpha value is 0.390. The molecule has 0 spiro atoms. The van der Waals surface area contributed by atoms with Crippen molar-refractivity contribution in [3.63, 3.8) is 0 Å². The molecule has 0 N–H and O–H groups in total. The van der Waals surface area contributed by atoms with E-state index >= 15 is 0 Å². The molecule has 0 aliphatic heterocycles. The quantitative estimate of drug-likeness (QED) is 0.593. The van der Waals surface area contributed by atoms with Gasteiger partial charge in [0.15, 0.2) is 0 Å². The first-order chi connectivity index (χ1) is 5.02. The van der Waals surface area contributed by atoms with Crippen LogP contribution in [0.2, 0.25) is 0 Å². The summed E-state index contributed by atoms with van der Waals surface area (Å²) in [6.45, 7) is 12.6. The standard InChI is InChI=1S/C9H22NP/c1-6-8-11-10(7-2)9(3,4)5/h11H,6-8H2,1-5H3. The number of hydrogen-bond acceptors (Lipinski definition) is 1. The van der Waals surface area contributed by atoms with Crippen molar-refractivity contribution in [3.05, 3.63) is 0 Å². The molecule has 1 unspecified atom stereocenters. The SMILES string of the molecule is CCCPN(CC)C(C)(C)C. The minimum atomic E-state index is 0.363. The highest BCUT2D eigenvalue weighted by Crippen LogP contribution is 2.27. The Morgan fingerprint density at radius 3 is 2.00 bits per heavy atom. The molecule has 68 valence electrons. The fourth-order valence-corrected chi connectivity index (χ4v) is 2.26. The third-order valence-electron chi connectivity index (χ3n) is 1.68. The highest BCUT2D eigenvalue weighted by molar-refractivity contribution is 7.35. The van der Waals surface area contributed by atoms with Crippen molar-refractivity contribution in [2.24, 2.45) is 0 Å². The summed E-state index contributed by atoms with van der Waals surface area (Å²) in [6, 6.07) is 0. The average Bonchev–Trinajstić information content (AvgIpc) is 1.87. The molecule has 0 aromatic rings. The maximum atomic E-state index is 2.55. The van der Waals surface area contributed by atoms with Gasteiger partial charge < -0.3 is 0 Å². The maximum absolute atomic E-state index is 2.55. The molecule has 0 rings (SSSR count). The minimum absolute atomic E-state index is 0.363. The molecule has 0 bridgehead atoms. The second-order valence-electron chi connectivity index (χ2n) is 3.82. The molecule has 0 radical (unpaired) electrons. The predicted octanol–water partition coefficient (Wildman–Crippen LogP) is 3.11. The third kappa shape index (κ3) is 4.76. The van der Waals surface area contributed by atoms with Crippen LogP contribution in [-0.4, -0.2) is 22.9 Å². The molecule has 2 heteroatoms. The highest BCUT2D eigenvalue weighted by Gasteiger charge is 2.18. The zero-order chi connectivity index (χ0) is 8.91. The Balaban J connectivity index is 3.76. The van der Waals surface area contributed by atoms with E-state index in [1.807, 2.05) is 0 Å². The molecule has 0 fully saturated rings. The Kier molecular flexibility index (Phi) is 5.29. The van der Waals surface area contributed by atoms with E-state index in [1.165, 1.54) is 19.1 Å². The second kappa shape index (κ2) is 5.11. The van der Waals surface area contributed by atoms with Crippen LogP contribution in [0.4, 0.5) is 0 Å². The van der Waals surface area contributed by atoms with Crippen LogP contribution in [0, 0.1) is 0 Å². The molecule has 0 heterocycles. The van der Waals surface area contributed by atoms with Gasteiger partial charge in [-0.2, -0.15) is 0 Å². The van der Waals surface area contributed by atoms with Gasteiger partial charge in [0.2, 0.25) is 0 Å². The lowest BCUT2D eigenvalue weighted by Crippen LogP contribution is -2.34. The smallest absolute Gasteiger partial charge is 0.0159 e. The normalized spacial score (nSPS) is 13.6. The van der Waals surface area contributed by atoms with Crippen LogP contribution < -0.4 is 0 Å². The molecule has 0 amide bonds. The van der Waals surface area contributed by atoms with E-state index in [0.717, 1.165) is 8.73 Å². The van der Waals surface area contributed by atoms with Crippen LogP contribution in [-0.2, 0) is 0 Å². The molecule has 0 aromatic carbocycles. The van der Waals surface area contributed by atoms with Crippen molar-refractivity contribution in [2.75, 3.05) is 12.7 Å². The van der Waals surface area contributed by atoms with Gasteiger partial charge in [0.1, 0.15) is 0 Å². The second-order valence-corrected chi connectivity index (χ2v) is 5.18. The van der Waals surface area contributed by atoms with E-state index in [9.17, 15) is 0 Å². The minimum Gasteiger partial charge on any atom is -0.280 e. The molecule has 0 saturated carbocycles. The molecule has 1 nitrogen and oxygen atoms in total. The summed E-state index contributed by atoms with van der Waals surface area (Å²) in [6.07, 6.45) is 2.66. The molecule has 0 aliphatic carbocycles. The van der Waals surface area contributed by atoms with Crippen molar-refractivity contribution >= 4 is 8.73 Å². The monoisotopic (exact) mass is 175 g/mol. The van der Waals surface area contributed by atoms with E-state index in [2.05, 4.69) is 39.3 Å². The van der Waals surface area contributed by atoms with E-state index in [4.69, 9.17) is 0 Å². The van der Waals surface area contributed by atoms with Crippen molar-refractivity contribution in [3.8, 4) is 0 Å². The predicted molar refractivity (Wildman–Crippen MR) is 55.6 cm³/mol. The Morgan fingerprint density at radius 2 is 1.73 bits per heavy atom. The van der Waals surface area contributed by atoms with Crippen LogP contribution in [0.5, 0.6) is 0 Å². The fourth-order valence-electron chi connectivity index (χ4n) is 1.07. The molecule has 0 aromatic heterocycles. The number of nitrogens with zero attached hydrogens (tertiary/aromatic N) is 1. The lowest BCUT2D eigenvalue weighted by molar-refractivity contribution is 0.279. The molecule has 0 aliphatic rings. The van der Waals surface area contributed by atoms with Gasteiger partial charge in [-0.05, 0) is 33.5 Å². The van der Waals surface area contributed by atoms with E-state index in [-0.39, 0.29) is 0 Å². The fraction of sp³-hybridized carbons (Fsp3) is 1.00. The molecule has 1 atom stereocenters. The Labute approximate surface area is 73.4 Å². The van der Waals surface area contributed by atoms with Crippen LogP contribution in [0.1, 0.15) is 41.0 Å². The maximum Gasteiger partial charge on any atom is 0.0159 e. The Morgan fingerprint density at radius 1 is 1.18 bits per heavy atom. The lowest BCUT2D eigenvalue weighted by atomic mass is 10.1.